The summed E-state index contributed by atoms with van der Waals surface area (Å²) in [4.78, 5) is 2.53. The minimum atomic E-state index is 0.320. The number of benzene rings is 1. The van der Waals surface area contributed by atoms with E-state index in [0.717, 1.165) is 24.4 Å². The van der Waals surface area contributed by atoms with Crippen LogP contribution in [0.1, 0.15) is 25.3 Å². The van der Waals surface area contributed by atoms with Gasteiger partial charge >= 0.3 is 0 Å². The van der Waals surface area contributed by atoms with Crippen molar-refractivity contribution in [2.75, 3.05) is 26.2 Å². The van der Waals surface area contributed by atoms with Crippen LogP contribution in [0.4, 0.5) is 0 Å². The van der Waals surface area contributed by atoms with Crippen molar-refractivity contribution >= 4 is 0 Å². The number of nitrogens with zero attached hydrogens (tertiary/aromatic N) is 1. The van der Waals surface area contributed by atoms with Crippen molar-refractivity contribution in [2.45, 2.75) is 32.4 Å². The zero-order valence-electron chi connectivity index (χ0n) is 12.3. The maximum absolute atomic E-state index is 5.57. The van der Waals surface area contributed by atoms with Crippen molar-refractivity contribution in [1.82, 2.24) is 10.2 Å². The normalized spacial score (nSPS) is 16.8. The molecule has 2 rings (SSSR count). The first-order valence-electron chi connectivity index (χ1n) is 7.39. The molecule has 108 valence electrons. The monoisotopic (exact) mass is 272 g/mol. The van der Waals surface area contributed by atoms with E-state index in [9.17, 15) is 0 Å². The summed E-state index contributed by atoms with van der Waals surface area (Å²) in [6.07, 6.45) is 7.93. The Labute approximate surface area is 122 Å². The van der Waals surface area contributed by atoms with Crippen LogP contribution in [0.3, 0.4) is 0 Å². The minimum absolute atomic E-state index is 0.320. The van der Waals surface area contributed by atoms with Gasteiger partial charge in [-0.15, -0.1) is 6.42 Å². The molecule has 1 atom stereocenters. The van der Waals surface area contributed by atoms with Crippen LogP contribution in [-0.2, 0) is 6.54 Å². The van der Waals surface area contributed by atoms with Gasteiger partial charge in [-0.05, 0) is 38.9 Å². The Morgan fingerprint density at radius 1 is 1.35 bits per heavy atom. The fraction of sp³-hybridized carbons (Fsp3) is 0.529. The average molecular weight is 272 g/mol. The van der Waals surface area contributed by atoms with Crippen LogP contribution >= 0.6 is 0 Å². The SMILES string of the molecule is C#CCOc1ccccc1CNC(C)CN1CCCC1. The highest BCUT2D eigenvalue weighted by Crippen LogP contribution is 2.17. The average Bonchev–Trinajstić information content (AvgIpc) is 2.96. The van der Waals surface area contributed by atoms with Crippen LogP contribution in [0.2, 0.25) is 0 Å². The lowest BCUT2D eigenvalue weighted by atomic mass is 10.2. The van der Waals surface area contributed by atoms with E-state index in [2.05, 4.69) is 29.1 Å². The lowest BCUT2D eigenvalue weighted by Crippen LogP contribution is -2.37. The van der Waals surface area contributed by atoms with Gasteiger partial charge in [0.1, 0.15) is 12.4 Å². The third-order valence-electron chi connectivity index (χ3n) is 3.66. The number of rotatable bonds is 7. The van der Waals surface area contributed by atoms with Crippen LogP contribution in [-0.4, -0.2) is 37.2 Å². The van der Waals surface area contributed by atoms with Crippen molar-refractivity contribution < 1.29 is 4.74 Å². The van der Waals surface area contributed by atoms with Gasteiger partial charge in [0, 0.05) is 24.7 Å². The Morgan fingerprint density at radius 3 is 2.85 bits per heavy atom. The van der Waals surface area contributed by atoms with Crippen LogP contribution in [0, 0.1) is 12.3 Å². The molecule has 1 unspecified atom stereocenters. The van der Waals surface area contributed by atoms with Crippen LogP contribution in [0.15, 0.2) is 24.3 Å². The van der Waals surface area contributed by atoms with Crippen LogP contribution in [0.5, 0.6) is 5.75 Å². The molecule has 0 aliphatic carbocycles. The van der Waals surface area contributed by atoms with E-state index in [0.29, 0.717) is 12.6 Å². The first-order chi connectivity index (χ1) is 9.79. The van der Waals surface area contributed by atoms with Gasteiger partial charge in [0.25, 0.3) is 0 Å². The largest absolute Gasteiger partial charge is 0.481 e. The molecule has 0 bridgehead atoms. The van der Waals surface area contributed by atoms with E-state index in [1.54, 1.807) is 0 Å². The third kappa shape index (κ3) is 4.56. The quantitative estimate of drug-likeness (QED) is 0.771. The van der Waals surface area contributed by atoms with Crippen LogP contribution < -0.4 is 10.1 Å². The third-order valence-corrected chi connectivity index (χ3v) is 3.66. The first-order valence-corrected chi connectivity index (χ1v) is 7.39. The molecular weight excluding hydrogens is 248 g/mol. The molecule has 1 aromatic carbocycles. The molecule has 20 heavy (non-hydrogen) atoms. The molecule has 0 amide bonds. The Kier molecular flexibility index (Phi) is 5.91. The van der Waals surface area contributed by atoms with Gasteiger partial charge < -0.3 is 15.0 Å². The van der Waals surface area contributed by atoms with Gasteiger partial charge in [0.15, 0.2) is 0 Å². The highest BCUT2D eigenvalue weighted by molar-refractivity contribution is 5.33. The number of hydrogen-bond donors (Lipinski definition) is 1. The molecule has 3 nitrogen and oxygen atoms in total. The lowest BCUT2D eigenvalue weighted by molar-refractivity contribution is 0.297. The standard InChI is InChI=1S/C17H24N2O/c1-3-12-20-17-9-5-4-8-16(17)13-18-15(2)14-19-10-6-7-11-19/h1,4-5,8-9,15,18H,6-7,10-14H2,2H3. The molecular formula is C17H24N2O. The Hall–Kier alpha value is -1.50. The fourth-order valence-electron chi connectivity index (χ4n) is 2.61. The highest BCUT2D eigenvalue weighted by Gasteiger charge is 2.14. The Bertz CT molecular complexity index is 447. The zero-order valence-corrected chi connectivity index (χ0v) is 12.3. The molecule has 1 heterocycles. The van der Waals surface area contributed by atoms with E-state index in [-0.39, 0.29) is 0 Å². The number of hydrogen-bond acceptors (Lipinski definition) is 3. The second-order valence-electron chi connectivity index (χ2n) is 5.39. The molecule has 0 spiro atoms. The first kappa shape index (κ1) is 14.9. The van der Waals surface area contributed by atoms with Crippen molar-refractivity contribution in [3.8, 4) is 18.1 Å². The smallest absolute Gasteiger partial charge is 0.148 e. The molecule has 1 fully saturated rings. The van der Waals surface area contributed by atoms with Gasteiger partial charge in [0.2, 0.25) is 0 Å². The summed E-state index contributed by atoms with van der Waals surface area (Å²) in [5.74, 6) is 3.39. The summed E-state index contributed by atoms with van der Waals surface area (Å²) in [5, 5.41) is 3.57. The molecule has 1 aliphatic heterocycles. The Balaban J connectivity index is 1.81. The van der Waals surface area contributed by atoms with Gasteiger partial charge in [-0.25, -0.2) is 0 Å². The number of nitrogens with one attached hydrogen (secondary N) is 1. The van der Waals surface area contributed by atoms with Crippen molar-refractivity contribution in [1.29, 1.82) is 0 Å². The molecule has 1 aromatic rings. The maximum atomic E-state index is 5.57. The number of ether oxygens (including phenoxy) is 1. The fourth-order valence-corrected chi connectivity index (χ4v) is 2.61. The second kappa shape index (κ2) is 7.94. The molecule has 0 radical (unpaired) electrons. The number of terminal acetylenes is 1. The number of para-hydroxylation sites is 1. The van der Waals surface area contributed by atoms with E-state index >= 15 is 0 Å². The van der Waals surface area contributed by atoms with E-state index in [1.807, 2.05) is 18.2 Å². The molecule has 1 N–H and O–H groups in total. The minimum Gasteiger partial charge on any atom is -0.481 e. The summed E-state index contributed by atoms with van der Waals surface area (Å²) in [7, 11) is 0. The summed E-state index contributed by atoms with van der Waals surface area (Å²) in [5.41, 5.74) is 1.16. The van der Waals surface area contributed by atoms with E-state index < -0.39 is 0 Å². The zero-order chi connectivity index (χ0) is 14.2. The maximum Gasteiger partial charge on any atom is 0.148 e. The Morgan fingerprint density at radius 2 is 2.10 bits per heavy atom. The lowest BCUT2D eigenvalue weighted by Gasteiger charge is -2.21. The predicted molar refractivity (Wildman–Crippen MR) is 82.7 cm³/mol. The number of likely N-dealkylation sites (tertiary alicyclic amines) is 1. The highest BCUT2D eigenvalue weighted by atomic mass is 16.5. The summed E-state index contributed by atoms with van der Waals surface area (Å²) < 4.78 is 5.57. The summed E-state index contributed by atoms with van der Waals surface area (Å²) in [6, 6.07) is 8.54. The van der Waals surface area contributed by atoms with Crippen molar-refractivity contribution in [3.05, 3.63) is 29.8 Å². The molecule has 0 aromatic heterocycles. The topological polar surface area (TPSA) is 24.5 Å². The van der Waals surface area contributed by atoms with E-state index in [1.165, 1.54) is 25.9 Å². The predicted octanol–water partition coefficient (Wildman–Crippen LogP) is 2.27. The van der Waals surface area contributed by atoms with E-state index in [4.69, 9.17) is 11.2 Å². The van der Waals surface area contributed by atoms with Crippen LogP contribution in [0.25, 0.3) is 0 Å². The van der Waals surface area contributed by atoms with Gasteiger partial charge in [0.05, 0.1) is 0 Å². The van der Waals surface area contributed by atoms with Gasteiger partial charge in [-0.2, -0.15) is 0 Å². The molecule has 3 heteroatoms. The van der Waals surface area contributed by atoms with Gasteiger partial charge in [-0.1, -0.05) is 24.1 Å². The molecule has 1 aliphatic rings. The second-order valence-corrected chi connectivity index (χ2v) is 5.39. The van der Waals surface area contributed by atoms with Crippen molar-refractivity contribution in [2.24, 2.45) is 0 Å². The van der Waals surface area contributed by atoms with Gasteiger partial charge in [-0.3, -0.25) is 0 Å². The molecule has 1 saturated heterocycles. The summed E-state index contributed by atoms with van der Waals surface area (Å²) >= 11 is 0. The summed E-state index contributed by atoms with van der Waals surface area (Å²) in [6.45, 7) is 6.98. The van der Waals surface area contributed by atoms with Crippen molar-refractivity contribution in [3.63, 3.8) is 0 Å². The molecule has 0 saturated carbocycles.